The molecular formula is C24H17N3O3S. The van der Waals surface area contributed by atoms with Gasteiger partial charge < -0.3 is 14.1 Å². The maximum atomic E-state index is 12.6. The summed E-state index contributed by atoms with van der Waals surface area (Å²) in [5.74, 6) is 0.782. The second-order valence-electron chi connectivity index (χ2n) is 7.43. The van der Waals surface area contributed by atoms with Crippen LogP contribution in [-0.2, 0) is 17.8 Å². The molecule has 3 aromatic heterocycles. The highest BCUT2D eigenvalue weighted by molar-refractivity contribution is 7.20. The monoisotopic (exact) mass is 427 g/mol. The molecule has 1 aliphatic heterocycles. The minimum absolute atomic E-state index is 0.137. The quantitative estimate of drug-likeness (QED) is 0.367. The lowest BCUT2D eigenvalue weighted by molar-refractivity contribution is -0.119. The molecule has 0 radical (unpaired) electrons. The molecule has 0 saturated heterocycles. The van der Waals surface area contributed by atoms with Crippen molar-refractivity contribution in [3.05, 3.63) is 78.2 Å². The lowest BCUT2D eigenvalue weighted by Gasteiger charge is -2.29. The van der Waals surface area contributed by atoms with Gasteiger partial charge in [0.15, 0.2) is 5.65 Å². The van der Waals surface area contributed by atoms with E-state index in [1.165, 1.54) is 16.9 Å². The first-order valence-corrected chi connectivity index (χ1v) is 10.8. The second kappa shape index (κ2) is 7.21. The minimum Gasteiger partial charge on any atom is -0.464 e. The van der Waals surface area contributed by atoms with Crippen LogP contribution in [0.15, 0.2) is 71.5 Å². The summed E-state index contributed by atoms with van der Waals surface area (Å²) in [7, 11) is 0. The Bertz CT molecular complexity index is 1410. The zero-order valence-corrected chi connectivity index (χ0v) is 17.3. The van der Waals surface area contributed by atoms with Gasteiger partial charge in [-0.15, -0.1) is 0 Å². The van der Waals surface area contributed by atoms with Gasteiger partial charge in [0.05, 0.1) is 17.5 Å². The van der Waals surface area contributed by atoms with Crippen LogP contribution < -0.4 is 9.64 Å². The lowest BCUT2D eigenvalue weighted by Crippen LogP contribution is -2.34. The Hall–Kier alpha value is -3.71. The molecule has 0 N–H and O–H groups in total. The molecule has 152 valence electrons. The number of amides is 1. The highest BCUT2D eigenvalue weighted by Crippen LogP contribution is 2.34. The van der Waals surface area contributed by atoms with Gasteiger partial charge in [-0.25, -0.2) is 4.98 Å². The molecule has 0 atom stereocenters. The first kappa shape index (κ1) is 18.1. The van der Waals surface area contributed by atoms with Crippen LogP contribution >= 0.6 is 11.3 Å². The van der Waals surface area contributed by atoms with E-state index in [0.29, 0.717) is 35.1 Å². The summed E-state index contributed by atoms with van der Waals surface area (Å²) in [5, 5.41) is 1.50. The summed E-state index contributed by atoms with van der Waals surface area (Å²) in [4.78, 5) is 23.1. The Kier molecular flexibility index (Phi) is 4.21. The number of nitrogens with zero attached hydrogens (tertiary/aromatic N) is 3. The number of aromatic nitrogens is 2. The lowest BCUT2D eigenvalue weighted by atomic mass is 10.0. The Morgan fingerprint density at radius 1 is 1.10 bits per heavy atom. The topological polar surface area (TPSA) is 68.5 Å². The molecule has 6 nitrogen and oxygen atoms in total. The summed E-state index contributed by atoms with van der Waals surface area (Å²) < 4.78 is 12.7. The van der Waals surface area contributed by atoms with Crippen LogP contribution in [0.3, 0.4) is 0 Å². The Morgan fingerprint density at radius 3 is 2.97 bits per heavy atom. The smallest absolute Gasteiger partial charge is 0.281 e. The van der Waals surface area contributed by atoms with Crippen LogP contribution in [0.4, 0.5) is 5.69 Å². The van der Waals surface area contributed by atoms with Crippen LogP contribution in [0.5, 0.6) is 10.9 Å². The third-order valence-corrected chi connectivity index (χ3v) is 6.39. The van der Waals surface area contributed by atoms with E-state index in [1.807, 2.05) is 53.4 Å². The Balaban J connectivity index is 1.28. The van der Waals surface area contributed by atoms with Crippen molar-refractivity contribution < 1.29 is 13.9 Å². The standard InChI is InChI=1S/C24H17N3O3S/c28-22-10-7-15-4-1-2-5-19(15)27(22)13-16-14-29-20-12-17(8-9-18(16)20)30-24-26-23-21(31-24)6-3-11-25-23/h1-6,8-9,11-12,14H,7,10,13H2. The molecule has 6 rings (SSSR count). The number of rotatable bonds is 4. The number of hydrogen-bond donors (Lipinski definition) is 0. The normalized spacial score (nSPS) is 13.7. The van der Waals surface area contributed by atoms with E-state index in [0.717, 1.165) is 27.8 Å². The third-order valence-electron chi connectivity index (χ3n) is 5.50. The molecule has 1 amide bonds. The molecule has 0 spiro atoms. The number of hydrogen-bond acceptors (Lipinski definition) is 6. The van der Waals surface area contributed by atoms with Crippen molar-refractivity contribution in [2.75, 3.05) is 4.90 Å². The van der Waals surface area contributed by atoms with Crippen molar-refractivity contribution in [3.8, 4) is 10.9 Å². The van der Waals surface area contributed by atoms with Crippen LogP contribution in [0.2, 0.25) is 0 Å². The average molecular weight is 427 g/mol. The zero-order valence-electron chi connectivity index (χ0n) is 16.4. The van der Waals surface area contributed by atoms with Crippen molar-refractivity contribution in [2.45, 2.75) is 19.4 Å². The SMILES string of the molecule is O=C1CCc2ccccc2N1Cc1coc2cc(Oc3nc4ncccc4s3)ccc12. The molecule has 0 fully saturated rings. The van der Waals surface area contributed by atoms with E-state index in [9.17, 15) is 4.79 Å². The average Bonchev–Trinajstić information content (AvgIpc) is 3.39. The molecule has 0 saturated carbocycles. The van der Waals surface area contributed by atoms with Gasteiger partial charge in [0.25, 0.3) is 5.19 Å². The first-order valence-electron chi connectivity index (χ1n) is 10.0. The number of thiazole rings is 1. The number of para-hydroxylation sites is 1. The number of carbonyl (C=O) groups is 1. The predicted octanol–water partition coefficient (Wildman–Crippen LogP) is 5.71. The summed E-state index contributed by atoms with van der Waals surface area (Å²) in [6, 6.07) is 17.6. The molecular weight excluding hydrogens is 410 g/mol. The molecule has 5 aromatic rings. The number of carbonyl (C=O) groups excluding carboxylic acids is 1. The summed E-state index contributed by atoms with van der Waals surface area (Å²) in [6.45, 7) is 0.479. The number of anilines is 1. The predicted molar refractivity (Wildman–Crippen MR) is 120 cm³/mol. The fourth-order valence-corrected chi connectivity index (χ4v) is 4.78. The maximum Gasteiger partial charge on any atom is 0.281 e. The van der Waals surface area contributed by atoms with Crippen molar-refractivity contribution >= 4 is 44.2 Å². The zero-order chi connectivity index (χ0) is 20.8. The van der Waals surface area contributed by atoms with Gasteiger partial charge in [-0.2, -0.15) is 4.98 Å². The highest BCUT2D eigenvalue weighted by atomic mass is 32.1. The minimum atomic E-state index is 0.137. The summed E-state index contributed by atoms with van der Waals surface area (Å²) in [6.07, 6.45) is 4.76. The van der Waals surface area contributed by atoms with Crippen molar-refractivity contribution in [2.24, 2.45) is 0 Å². The molecule has 0 aliphatic carbocycles. The van der Waals surface area contributed by atoms with Gasteiger partial charge in [0, 0.05) is 35.3 Å². The van der Waals surface area contributed by atoms with Crippen molar-refractivity contribution in [1.29, 1.82) is 0 Å². The summed E-state index contributed by atoms with van der Waals surface area (Å²) >= 11 is 1.45. The van der Waals surface area contributed by atoms with Crippen LogP contribution in [0.1, 0.15) is 17.5 Å². The van der Waals surface area contributed by atoms with Crippen LogP contribution in [0, 0.1) is 0 Å². The van der Waals surface area contributed by atoms with Gasteiger partial charge in [-0.1, -0.05) is 29.5 Å². The van der Waals surface area contributed by atoms with Gasteiger partial charge in [-0.3, -0.25) is 4.79 Å². The van der Waals surface area contributed by atoms with E-state index in [2.05, 4.69) is 16.0 Å². The first-order chi connectivity index (χ1) is 15.2. The van der Waals surface area contributed by atoms with Gasteiger partial charge >= 0.3 is 0 Å². The van der Waals surface area contributed by atoms with Gasteiger partial charge in [0.1, 0.15) is 11.3 Å². The number of furan rings is 1. The van der Waals surface area contributed by atoms with E-state index in [4.69, 9.17) is 9.15 Å². The fourth-order valence-electron chi connectivity index (χ4n) is 3.98. The molecule has 1 aliphatic rings. The largest absolute Gasteiger partial charge is 0.464 e. The van der Waals surface area contributed by atoms with Gasteiger partial charge in [0.2, 0.25) is 5.91 Å². The number of ether oxygens (including phenoxy) is 1. The summed E-state index contributed by atoms with van der Waals surface area (Å²) in [5.41, 5.74) is 4.55. The molecule has 2 aromatic carbocycles. The molecule has 31 heavy (non-hydrogen) atoms. The van der Waals surface area contributed by atoms with E-state index < -0.39 is 0 Å². The maximum absolute atomic E-state index is 12.6. The third kappa shape index (κ3) is 3.23. The van der Waals surface area contributed by atoms with E-state index in [1.54, 1.807) is 12.5 Å². The second-order valence-corrected chi connectivity index (χ2v) is 8.43. The van der Waals surface area contributed by atoms with Crippen molar-refractivity contribution in [1.82, 2.24) is 9.97 Å². The highest BCUT2D eigenvalue weighted by Gasteiger charge is 2.25. The molecule has 4 heterocycles. The van der Waals surface area contributed by atoms with E-state index >= 15 is 0 Å². The number of benzene rings is 2. The Labute approximate surface area is 181 Å². The Morgan fingerprint density at radius 2 is 2.03 bits per heavy atom. The molecule has 0 bridgehead atoms. The van der Waals surface area contributed by atoms with Crippen LogP contribution in [0.25, 0.3) is 21.3 Å². The van der Waals surface area contributed by atoms with Crippen molar-refractivity contribution in [3.63, 3.8) is 0 Å². The number of fused-ring (bicyclic) bond motifs is 3. The fraction of sp³-hybridized carbons (Fsp3) is 0.125. The number of pyridine rings is 1. The van der Waals surface area contributed by atoms with Gasteiger partial charge in [-0.05, 0) is 42.3 Å². The molecule has 7 heteroatoms. The number of aryl methyl sites for hydroxylation is 1. The van der Waals surface area contributed by atoms with Crippen LogP contribution in [-0.4, -0.2) is 15.9 Å². The van der Waals surface area contributed by atoms with E-state index in [-0.39, 0.29) is 5.91 Å². The molecule has 0 unspecified atom stereocenters.